The summed E-state index contributed by atoms with van der Waals surface area (Å²) in [6.45, 7) is 1.83. The number of pyridine rings is 1. The SMILES string of the molecule is O=C(O)N1CCC(COc2ccc3cccnc3c2)CC1. The fourth-order valence-corrected chi connectivity index (χ4v) is 2.64. The van der Waals surface area contributed by atoms with E-state index >= 15 is 0 Å². The van der Waals surface area contributed by atoms with Crippen LogP contribution >= 0.6 is 0 Å². The van der Waals surface area contributed by atoms with Crippen molar-refractivity contribution in [3.63, 3.8) is 0 Å². The minimum atomic E-state index is -0.824. The molecule has 21 heavy (non-hydrogen) atoms. The quantitative estimate of drug-likeness (QED) is 0.942. The summed E-state index contributed by atoms with van der Waals surface area (Å²) in [5.41, 5.74) is 0.927. The van der Waals surface area contributed by atoms with Crippen molar-refractivity contribution in [2.75, 3.05) is 19.7 Å². The molecule has 2 aromatic rings. The summed E-state index contributed by atoms with van der Waals surface area (Å²) >= 11 is 0. The minimum Gasteiger partial charge on any atom is -0.493 e. The number of carbonyl (C=O) groups is 1. The minimum absolute atomic E-state index is 0.417. The number of fused-ring (bicyclic) bond motifs is 1. The van der Waals surface area contributed by atoms with Gasteiger partial charge in [-0.25, -0.2) is 4.79 Å². The Morgan fingerprint density at radius 3 is 2.90 bits per heavy atom. The maximum atomic E-state index is 10.9. The highest BCUT2D eigenvalue weighted by atomic mass is 16.5. The number of nitrogens with zero attached hydrogens (tertiary/aromatic N) is 2. The van der Waals surface area contributed by atoms with E-state index in [4.69, 9.17) is 9.84 Å². The number of aromatic nitrogens is 1. The zero-order chi connectivity index (χ0) is 14.7. The Morgan fingerprint density at radius 1 is 1.33 bits per heavy atom. The van der Waals surface area contributed by atoms with Gasteiger partial charge in [-0.3, -0.25) is 4.98 Å². The number of amides is 1. The van der Waals surface area contributed by atoms with Gasteiger partial charge >= 0.3 is 6.09 Å². The number of rotatable bonds is 3. The molecule has 1 aliphatic heterocycles. The maximum absolute atomic E-state index is 10.9. The van der Waals surface area contributed by atoms with Crippen molar-refractivity contribution in [2.45, 2.75) is 12.8 Å². The van der Waals surface area contributed by atoms with Gasteiger partial charge in [0.15, 0.2) is 0 Å². The zero-order valence-electron chi connectivity index (χ0n) is 11.7. The highest BCUT2D eigenvalue weighted by molar-refractivity contribution is 5.79. The lowest BCUT2D eigenvalue weighted by molar-refractivity contribution is 0.111. The van der Waals surface area contributed by atoms with E-state index in [0.717, 1.165) is 29.5 Å². The zero-order valence-corrected chi connectivity index (χ0v) is 11.7. The Hall–Kier alpha value is -2.30. The van der Waals surface area contributed by atoms with Crippen molar-refractivity contribution in [2.24, 2.45) is 5.92 Å². The Labute approximate surface area is 123 Å². The first-order valence-electron chi connectivity index (χ1n) is 7.18. The third-order valence-electron chi connectivity index (χ3n) is 3.95. The molecule has 0 bridgehead atoms. The lowest BCUT2D eigenvalue weighted by atomic mass is 9.98. The van der Waals surface area contributed by atoms with Crippen molar-refractivity contribution in [1.29, 1.82) is 0 Å². The number of likely N-dealkylation sites (tertiary alicyclic amines) is 1. The lowest BCUT2D eigenvalue weighted by Gasteiger charge is -2.29. The van der Waals surface area contributed by atoms with E-state index < -0.39 is 6.09 Å². The van der Waals surface area contributed by atoms with Crippen LogP contribution in [-0.4, -0.2) is 40.8 Å². The molecule has 0 saturated carbocycles. The number of carboxylic acid groups (broad SMARTS) is 1. The van der Waals surface area contributed by atoms with Gasteiger partial charge in [0, 0.05) is 30.7 Å². The van der Waals surface area contributed by atoms with Gasteiger partial charge < -0.3 is 14.7 Å². The summed E-state index contributed by atoms with van der Waals surface area (Å²) in [6.07, 6.45) is 2.67. The second kappa shape index (κ2) is 5.99. The van der Waals surface area contributed by atoms with Crippen LogP contribution in [0, 0.1) is 5.92 Å². The smallest absolute Gasteiger partial charge is 0.407 e. The molecule has 0 aliphatic carbocycles. The van der Waals surface area contributed by atoms with Crippen LogP contribution in [0.25, 0.3) is 10.9 Å². The van der Waals surface area contributed by atoms with Gasteiger partial charge in [0.1, 0.15) is 5.75 Å². The van der Waals surface area contributed by atoms with Gasteiger partial charge in [-0.05, 0) is 37.0 Å². The van der Waals surface area contributed by atoms with Crippen molar-refractivity contribution in [3.8, 4) is 5.75 Å². The maximum Gasteiger partial charge on any atom is 0.407 e. The summed E-state index contributed by atoms with van der Waals surface area (Å²) < 4.78 is 5.84. The first-order chi connectivity index (χ1) is 10.2. The molecule has 1 aromatic carbocycles. The summed E-state index contributed by atoms with van der Waals surface area (Å²) in [7, 11) is 0. The number of benzene rings is 1. The summed E-state index contributed by atoms with van der Waals surface area (Å²) in [6, 6.07) is 9.84. The van der Waals surface area contributed by atoms with Gasteiger partial charge in [-0.1, -0.05) is 6.07 Å². The third-order valence-corrected chi connectivity index (χ3v) is 3.95. The summed E-state index contributed by atoms with van der Waals surface area (Å²) in [5.74, 6) is 1.24. The highest BCUT2D eigenvalue weighted by Gasteiger charge is 2.22. The number of hydrogen-bond donors (Lipinski definition) is 1. The lowest BCUT2D eigenvalue weighted by Crippen LogP contribution is -2.38. The Bertz CT molecular complexity index is 636. The first kappa shape index (κ1) is 13.7. The van der Waals surface area contributed by atoms with Crippen LogP contribution in [0.4, 0.5) is 4.79 Å². The highest BCUT2D eigenvalue weighted by Crippen LogP contribution is 2.22. The van der Waals surface area contributed by atoms with Gasteiger partial charge in [0.05, 0.1) is 12.1 Å². The second-order valence-corrected chi connectivity index (χ2v) is 5.38. The molecule has 1 saturated heterocycles. The Balaban J connectivity index is 1.56. The predicted octanol–water partition coefficient (Wildman–Crippen LogP) is 3.00. The van der Waals surface area contributed by atoms with E-state index in [0.29, 0.717) is 25.6 Å². The molecule has 1 N–H and O–H groups in total. The van der Waals surface area contributed by atoms with Crippen molar-refractivity contribution in [3.05, 3.63) is 36.5 Å². The molecule has 5 heteroatoms. The number of ether oxygens (including phenoxy) is 1. The standard InChI is InChI=1S/C16H18N2O3/c19-16(20)18-8-5-12(6-9-18)11-21-14-4-3-13-2-1-7-17-15(13)10-14/h1-4,7,10,12H,5-6,8-9,11H2,(H,19,20). The second-order valence-electron chi connectivity index (χ2n) is 5.38. The average molecular weight is 286 g/mol. The fourth-order valence-electron chi connectivity index (χ4n) is 2.64. The van der Waals surface area contributed by atoms with Gasteiger partial charge in [-0.15, -0.1) is 0 Å². The van der Waals surface area contributed by atoms with E-state index in [1.54, 1.807) is 6.20 Å². The summed E-state index contributed by atoms with van der Waals surface area (Å²) in [5, 5.41) is 10.0. The molecule has 110 valence electrons. The molecule has 0 unspecified atom stereocenters. The number of piperidine rings is 1. The van der Waals surface area contributed by atoms with Crippen LogP contribution < -0.4 is 4.74 Å². The normalized spacial score (nSPS) is 16.1. The molecule has 2 heterocycles. The van der Waals surface area contributed by atoms with Crippen LogP contribution in [0.5, 0.6) is 5.75 Å². The van der Waals surface area contributed by atoms with E-state index in [9.17, 15) is 4.79 Å². The monoisotopic (exact) mass is 286 g/mol. The number of hydrogen-bond acceptors (Lipinski definition) is 3. The van der Waals surface area contributed by atoms with Crippen LogP contribution in [0.1, 0.15) is 12.8 Å². The van der Waals surface area contributed by atoms with Crippen LogP contribution in [0.15, 0.2) is 36.5 Å². The van der Waals surface area contributed by atoms with Gasteiger partial charge in [-0.2, -0.15) is 0 Å². The third kappa shape index (κ3) is 3.24. The van der Waals surface area contributed by atoms with Gasteiger partial charge in [0.25, 0.3) is 0 Å². The van der Waals surface area contributed by atoms with Crippen LogP contribution in [0.2, 0.25) is 0 Å². The first-order valence-corrected chi connectivity index (χ1v) is 7.18. The van der Waals surface area contributed by atoms with Crippen molar-refractivity contribution < 1.29 is 14.6 Å². The summed E-state index contributed by atoms with van der Waals surface area (Å²) in [4.78, 5) is 16.6. The molecule has 1 amide bonds. The van der Waals surface area contributed by atoms with E-state index in [1.165, 1.54) is 4.90 Å². The van der Waals surface area contributed by atoms with E-state index in [2.05, 4.69) is 4.98 Å². The van der Waals surface area contributed by atoms with Crippen LogP contribution in [-0.2, 0) is 0 Å². The average Bonchev–Trinajstić information content (AvgIpc) is 2.53. The predicted molar refractivity (Wildman–Crippen MR) is 79.6 cm³/mol. The fraction of sp³-hybridized carbons (Fsp3) is 0.375. The van der Waals surface area contributed by atoms with Crippen molar-refractivity contribution >= 4 is 17.0 Å². The molecule has 1 aromatic heterocycles. The topological polar surface area (TPSA) is 62.7 Å². The largest absolute Gasteiger partial charge is 0.493 e. The van der Waals surface area contributed by atoms with Crippen LogP contribution in [0.3, 0.4) is 0 Å². The van der Waals surface area contributed by atoms with E-state index in [1.807, 2.05) is 30.3 Å². The molecule has 1 aliphatic rings. The molecule has 0 spiro atoms. The molecule has 0 radical (unpaired) electrons. The molecular formula is C16H18N2O3. The van der Waals surface area contributed by atoms with Gasteiger partial charge in [0.2, 0.25) is 0 Å². The molecule has 1 fully saturated rings. The molecular weight excluding hydrogens is 268 g/mol. The Morgan fingerprint density at radius 2 is 2.14 bits per heavy atom. The Kier molecular flexibility index (Phi) is 3.90. The molecule has 5 nitrogen and oxygen atoms in total. The molecule has 3 rings (SSSR count). The molecule has 0 atom stereocenters. The van der Waals surface area contributed by atoms with E-state index in [-0.39, 0.29) is 0 Å². The van der Waals surface area contributed by atoms with Crippen molar-refractivity contribution in [1.82, 2.24) is 9.88 Å².